The first-order valence-corrected chi connectivity index (χ1v) is 9.55. The third-order valence-electron chi connectivity index (χ3n) is 4.53. The molecule has 0 aromatic carbocycles. The van der Waals surface area contributed by atoms with E-state index in [9.17, 15) is 0 Å². The SMILES string of the molecule is CCn1c(-c2ccco2)nn(CN2CCC[C@@H]2c2cccs2)c1=S. The van der Waals surface area contributed by atoms with Crippen molar-refractivity contribution < 1.29 is 4.42 Å². The minimum absolute atomic E-state index is 0.478. The largest absolute Gasteiger partial charge is 0.461 e. The molecular formula is C17H20N4OS2. The summed E-state index contributed by atoms with van der Waals surface area (Å²) in [6.45, 7) is 4.67. The van der Waals surface area contributed by atoms with E-state index in [-0.39, 0.29) is 0 Å². The van der Waals surface area contributed by atoms with Crippen LogP contribution in [-0.4, -0.2) is 25.8 Å². The van der Waals surface area contributed by atoms with Gasteiger partial charge in [-0.05, 0) is 55.6 Å². The second-order valence-electron chi connectivity index (χ2n) is 5.95. The highest BCUT2D eigenvalue weighted by atomic mass is 32.1. The summed E-state index contributed by atoms with van der Waals surface area (Å²) in [5.41, 5.74) is 0. The molecule has 0 aliphatic carbocycles. The van der Waals surface area contributed by atoms with Crippen molar-refractivity contribution in [2.75, 3.05) is 6.54 Å². The molecule has 1 aliphatic rings. The third kappa shape index (κ3) is 2.76. The monoisotopic (exact) mass is 360 g/mol. The van der Waals surface area contributed by atoms with Gasteiger partial charge in [0.1, 0.15) is 0 Å². The molecule has 0 spiro atoms. The van der Waals surface area contributed by atoms with Crippen LogP contribution in [0.2, 0.25) is 0 Å². The maximum Gasteiger partial charge on any atom is 0.199 e. The summed E-state index contributed by atoms with van der Waals surface area (Å²) in [7, 11) is 0. The van der Waals surface area contributed by atoms with E-state index in [1.807, 2.05) is 32.7 Å². The van der Waals surface area contributed by atoms with E-state index in [4.69, 9.17) is 21.7 Å². The fourth-order valence-corrected chi connectivity index (χ4v) is 4.59. The number of likely N-dealkylation sites (tertiary alicyclic amines) is 1. The van der Waals surface area contributed by atoms with Crippen molar-refractivity contribution in [1.82, 2.24) is 19.2 Å². The highest BCUT2D eigenvalue weighted by molar-refractivity contribution is 7.71. The van der Waals surface area contributed by atoms with Crippen molar-refractivity contribution in [1.29, 1.82) is 0 Å². The van der Waals surface area contributed by atoms with Gasteiger partial charge in [-0.15, -0.1) is 16.4 Å². The van der Waals surface area contributed by atoms with Crippen molar-refractivity contribution in [2.24, 2.45) is 0 Å². The first-order chi connectivity index (χ1) is 11.8. The average Bonchev–Trinajstić information content (AvgIpc) is 3.36. The van der Waals surface area contributed by atoms with E-state index in [0.717, 1.165) is 36.1 Å². The number of furan rings is 1. The number of aromatic nitrogens is 3. The van der Waals surface area contributed by atoms with Gasteiger partial charge < -0.3 is 4.42 Å². The number of thiophene rings is 1. The Bertz CT molecular complexity index is 848. The van der Waals surface area contributed by atoms with Crippen LogP contribution < -0.4 is 0 Å². The van der Waals surface area contributed by atoms with E-state index in [1.54, 1.807) is 6.26 Å². The molecule has 0 radical (unpaired) electrons. The zero-order valence-electron chi connectivity index (χ0n) is 13.6. The van der Waals surface area contributed by atoms with Gasteiger partial charge in [0.05, 0.1) is 12.9 Å². The van der Waals surface area contributed by atoms with Crippen LogP contribution in [0, 0.1) is 4.77 Å². The topological polar surface area (TPSA) is 39.1 Å². The zero-order valence-corrected chi connectivity index (χ0v) is 15.2. The van der Waals surface area contributed by atoms with E-state index in [2.05, 4.69) is 29.3 Å². The summed E-state index contributed by atoms with van der Waals surface area (Å²) in [4.78, 5) is 3.90. The van der Waals surface area contributed by atoms with Crippen molar-refractivity contribution >= 4 is 23.6 Å². The molecule has 0 bridgehead atoms. The second kappa shape index (κ2) is 6.66. The summed E-state index contributed by atoms with van der Waals surface area (Å²) < 4.78 is 10.2. The summed E-state index contributed by atoms with van der Waals surface area (Å²) >= 11 is 7.49. The van der Waals surface area contributed by atoms with E-state index < -0.39 is 0 Å². The fraction of sp³-hybridized carbons (Fsp3) is 0.412. The highest BCUT2D eigenvalue weighted by Gasteiger charge is 2.27. The molecule has 126 valence electrons. The second-order valence-corrected chi connectivity index (χ2v) is 7.30. The van der Waals surface area contributed by atoms with Crippen LogP contribution in [0.3, 0.4) is 0 Å². The lowest BCUT2D eigenvalue weighted by Gasteiger charge is -2.23. The Balaban J connectivity index is 1.64. The van der Waals surface area contributed by atoms with Gasteiger partial charge in [0.2, 0.25) is 0 Å². The predicted molar refractivity (Wildman–Crippen MR) is 97.4 cm³/mol. The fourth-order valence-electron chi connectivity index (χ4n) is 3.38. The Morgan fingerprint density at radius 2 is 2.29 bits per heavy atom. The maximum atomic E-state index is 5.66. The molecule has 3 aromatic rings. The Morgan fingerprint density at radius 1 is 1.38 bits per heavy atom. The minimum Gasteiger partial charge on any atom is -0.461 e. The molecule has 4 heterocycles. The lowest BCUT2D eigenvalue weighted by Crippen LogP contribution is -2.26. The standard InChI is InChI=1S/C17H20N4OS2/c1-2-20-16(14-7-4-10-22-14)18-21(17(20)23)12-19-9-3-6-13(19)15-8-5-11-24-15/h4-5,7-8,10-11,13H,2-3,6,9,12H2,1H3/t13-/m1/s1. The third-order valence-corrected chi connectivity index (χ3v) is 5.94. The van der Waals surface area contributed by atoms with E-state index in [0.29, 0.717) is 6.04 Å². The van der Waals surface area contributed by atoms with Crippen LogP contribution in [0.15, 0.2) is 40.3 Å². The lowest BCUT2D eigenvalue weighted by molar-refractivity contribution is 0.192. The van der Waals surface area contributed by atoms with Crippen LogP contribution in [0.25, 0.3) is 11.6 Å². The van der Waals surface area contributed by atoms with E-state index >= 15 is 0 Å². The van der Waals surface area contributed by atoms with Crippen LogP contribution in [-0.2, 0) is 13.2 Å². The quantitative estimate of drug-likeness (QED) is 0.626. The van der Waals surface area contributed by atoms with Crippen molar-refractivity contribution in [3.8, 4) is 11.6 Å². The van der Waals surface area contributed by atoms with Crippen LogP contribution in [0.1, 0.15) is 30.7 Å². The molecule has 7 heteroatoms. The van der Waals surface area contributed by atoms with Crippen molar-refractivity contribution in [3.05, 3.63) is 45.6 Å². The molecule has 5 nitrogen and oxygen atoms in total. The van der Waals surface area contributed by atoms with Gasteiger partial charge in [0.25, 0.3) is 0 Å². The number of hydrogen-bond donors (Lipinski definition) is 0. The molecule has 0 unspecified atom stereocenters. The van der Waals surface area contributed by atoms with Crippen molar-refractivity contribution in [2.45, 2.75) is 39.0 Å². The van der Waals surface area contributed by atoms with Gasteiger partial charge in [-0.25, -0.2) is 4.68 Å². The van der Waals surface area contributed by atoms with Crippen LogP contribution in [0.4, 0.5) is 0 Å². The number of rotatable bonds is 5. The van der Waals surface area contributed by atoms with Gasteiger partial charge in [0, 0.05) is 24.0 Å². The van der Waals surface area contributed by atoms with Gasteiger partial charge in [-0.2, -0.15) is 0 Å². The molecule has 1 atom stereocenters. The van der Waals surface area contributed by atoms with Gasteiger partial charge >= 0.3 is 0 Å². The molecule has 0 N–H and O–H groups in total. The molecule has 1 aliphatic heterocycles. The maximum absolute atomic E-state index is 5.66. The molecule has 1 saturated heterocycles. The minimum atomic E-state index is 0.478. The molecule has 0 saturated carbocycles. The van der Waals surface area contributed by atoms with Crippen molar-refractivity contribution in [3.63, 3.8) is 0 Å². The zero-order chi connectivity index (χ0) is 16.5. The molecule has 1 fully saturated rings. The van der Waals surface area contributed by atoms with Gasteiger partial charge in [-0.1, -0.05) is 6.07 Å². The Morgan fingerprint density at radius 3 is 3.00 bits per heavy atom. The lowest BCUT2D eigenvalue weighted by atomic mass is 10.2. The normalized spacial score (nSPS) is 18.5. The summed E-state index contributed by atoms with van der Waals surface area (Å²) in [5.74, 6) is 1.57. The highest BCUT2D eigenvalue weighted by Crippen LogP contribution is 2.34. The number of hydrogen-bond acceptors (Lipinski definition) is 5. The van der Waals surface area contributed by atoms with E-state index in [1.165, 1.54) is 17.7 Å². The number of nitrogens with zero attached hydrogens (tertiary/aromatic N) is 4. The molecule has 4 rings (SSSR count). The molecule has 24 heavy (non-hydrogen) atoms. The first kappa shape index (κ1) is 15.8. The predicted octanol–water partition coefficient (Wildman–Crippen LogP) is 4.55. The first-order valence-electron chi connectivity index (χ1n) is 8.27. The summed E-state index contributed by atoms with van der Waals surface area (Å²) in [5, 5.41) is 6.90. The Hall–Kier alpha value is -1.70. The molecule has 0 amide bonds. The smallest absolute Gasteiger partial charge is 0.199 e. The van der Waals surface area contributed by atoms with Crippen LogP contribution >= 0.6 is 23.6 Å². The van der Waals surface area contributed by atoms with Gasteiger partial charge in [-0.3, -0.25) is 9.47 Å². The van der Waals surface area contributed by atoms with Gasteiger partial charge in [0.15, 0.2) is 16.4 Å². The van der Waals surface area contributed by atoms with Crippen LogP contribution in [0.5, 0.6) is 0 Å². The Kier molecular flexibility index (Phi) is 4.39. The molecular weight excluding hydrogens is 340 g/mol. The molecule has 3 aromatic heterocycles. The Labute approximate surface area is 150 Å². The summed E-state index contributed by atoms with van der Waals surface area (Å²) in [6, 6.07) is 8.64. The summed E-state index contributed by atoms with van der Waals surface area (Å²) in [6.07, 6.45) is 4.09. The average molecular weight is 361 g/mol.